The van der Waals surface area contributed by atoms with Crippen molar-refractivity contribution in [2.45, 2.75) is 13.5 Å². The Morgan fingerprint density at radius 1 is 1.07 bits per heavy atom. The molecule has 148 valence electrons. The summed E-state index contributed by atoms with van der Waals surface area (Å²) >= 11 is 0. The van der Waals surface area contributed by atoms with Gasteiger partial charge in [-0.15, -0.1) is 0 Å². The van der Waals surface area contributed by atoms with Crippen LogP contribution in [0.2, 0.25) is 0 Å². The Labute approximate surface area is 165 Å². The van der Waals surface area contributed by atoms with Crippen LogP contribution in [0.3, 0.4) is 0 Å². The van der Waals surface area contributed by atoms with Crippen LogP contribution in [0.25, 0.3) is 21.8 Å². The maximum absolute atomic E-state index is 11.8. The number of pyridine rings is 1. The Bertz CT molecular complexity index is 1160. The van der Waals surface area contributed by atoms with Gasteiger partial charge >= 0.3 is 12.2 Å². The molecule has 0 spiro atoms. The number of hydrogen-bond acceptors (Lipinski definition) is 8. The van der Waals surface area contributed by atoms with Gasteiger partial charge in [-0.25, -0.2) is 19.7 Å². The summed E-state index contributed by atoms with van der Waals surface area (Å²) in [5.74, 6) is 0.662. The molecule has 0 amide bonds. The first kappa shape index (κ1) is 18.6. The van der Waals surface area contributed by atoms with E-state index < -0.39 is 6.16 Å². The Morgan fingerprint density at radius 3 is 2.66 bits per heavy atom. The molecule has 1 N–H and O–H groups in total. The molecule has 0 aliphatic heterocycles. The van der Waals surface area contributed by atoms with Gasteiger partial charge in [-0.3, -0.25) is 0 Å². The summed E-state index contributed by atoms with van der Waals surface area (Å²) in [6.45, 7) is 2.06. The summed E-state index contributed by atoms with van der Waals surface area (Å²) in [7, 11) is 1.55. The second kappa shape index (κ2) is 8.11. The monoisotopic (exact) mass is 394 g/mol. The largest absolute Gasteiger partial charge is 0.515 e. The van der Waals surface area contributed by atoms with Gasteiger partial charge in [0, 0.05) is 24.9 Å². The smallest absolute Gasteiger partial charge is 0.434 e. The lowest BCUT2D eigenvalue weighted by Gasteiger charge is -2.11. The fourth-order valence-electron chi connectivity index (χ4n) is 3.07. The number of aromatic amines is 1. The van der Waals surface area contributed by atoms with Gasteiger partial charge in [-0.05, 0) is 25.1 Å². The van der Waals surface area contributed by atoms with Gasteiger partial charge in [-0.1, -0.05) is 6.07 Å². The number of H-pyrrole nitrogens is 1. The fourth-order valence-corrected chi connectivity index (χ4v) is 3.07. The van der Waals surface area contributed by atoms with Crippen molar-refractivity contribution < 1.29 is 23.7 Å². The highest BCUT2D eigenvalue weighted by atomic mass is 16.7. The summed E-state index contributed by atoms with van der Waals surface area (Å²) in [6, 6.07) is 7.51. The van der Waals surface area contributed by atoms with Crippen molar-refractivity contribution in [3.05, 3.63) is 48.4 Å². The number of hydrogen-bond donors (Lipinski definition) is 1. The molecule has 9 heteroatoms. The minimum Gasteiger partial charge on any atom is -0.434 e. The normalized spacial score (nSPS) is 11.0. The molecule has 29 heavy (non-hydrogen) atoms. The highest BCUT2D eigenvalue weighted by molar-refractivity contribution is 6.12. The molecule has 0 saturated heterocycles. The third-order valence-corrected chi connectivity index (χ3v) is 4.16. The molecular formula is C20H18N4O5. The molecule has 4 rings (SSSR count). The number of carbonyl (C=O) groups excluding carboxylic acids is 1. The van der Waals surface area contributed by atoms with Crippen molar-refractivity contribution in [2.75, 3.05) is 13.7 Å². The highest BCUT2D eigenvalue weighted by Crippen LogP contribution is 2.39. The summed E-state index contributed by atoms with van der Waals surface area (Å²) in [4.78, 5) is 27.6. The Hall–Kier alpha value is -3.72. The van der Waals surface area contributed by atoms with Crippen molar-refractivity contribution in [3.8, 4) is 17.6 Å². The van der Waals surface area contributed by atoms with Gasteiger partial charge in [0.05, 0.1) is 41.4 Å². The number of carbonyl (C=O) groups is 1. The van der Waals surface area contributed by atoms with E-state index in [4.69, 9.17) is 18.9 Å². The van der Waals surface area contributed by atoms with Crippen molar-refractivity contribution in [2.24, 2.45) is 0 Å². The molecule has 0 radical (unpaired) electrons. The molecule has 3 aromatic heterocycles. The van der Waals surface area contributed by atoms with Crippen LogP contribution in [0.1, 0.15) is 12.5 Å². The second-order valence-electron chi connectivity index (χ2n) is 5.99. The number of ether oxygens (including phenoxy) is 4. The van der Waals surface area contributed by atoms with E-state index >= 15 is 0 Å². The Balaban J connectivity index is 1.90. The molecule has 0 atom stereocenters. The van der Waals surface area contributed by atoms with Crippen molar-refractivity contribution >= 4 is 28.0 Å². The predicted molar refractivity (Wildman–Crippen MR) is 104 cm³/mol. The van der Waals surface area contributed by atoms with Gasteiger partial charge in [0.2, 0.25) is 5.88 Å². The van der Waals surface area contributed by atoms with Gasteiger partial charge in [-0.2, -0.15) is 0 Å². The highest BCUT2D eigenvalue weighted by Gasteiger charge is 2.20. The third-order valence-electron chi connectivity index (χ3n) is 4.16. The topological polar surface area (TPSA) is 108 Å². The van der Waals surface area contributed by atoms with E-state index in [2.05, 4.69) is 19.9 Å². The second-order valence-corrected chi connectivity index (χ2v) is 5.99. The van der Waals surface area contributed by atoms with E-state index in [0.29, 0.717) is 11.3 Å². The number of benzene rings is 1. The first-order chi connectivity index (χ1) is 14.2. The van der Waals surface area contributed by atoms with Crippen LogP contribution < -0.4 is 9.47 Å². The molecule has 0 aliphatic carbocycles. The standard InChI is InChI=1S/C20H18N4O5/c1-3-27-20(25)29-18-12(11-26-2)16-14(10-23-18)24-13-6-4-7-15(17(13)16)28-19-21-8-5-9-22-19/h4-10,24H,3,11H2,1-2H3. The van der Waals surface area contributed by atoms with Crippen LogP contribution in [-0.2, 0) is 16.1 Å². The number of fused-ring (bicyclic) bond motifs is 3. The SMILES string of the molecule is CCOC(=O)Oc1ncc2[nH]c3cccc(Oc4ncccn4)c3c2c1COC. The van der Waals surface area contributed by atoms with E-state index in [1.165, 1.54) is 0 Å². The fraction of sp³-hybridized carbons (Fsp3) is 0.200. The summed E-state index contributed by atoms with van der Waals surface area (Å²) in [5.41, 5.74) is 2.16. The van der Waals surface area contributed by atoms with E-state index in [1.54, 1.807) is 38.7 Å². The number of nitrogens with one attached hydrogen (secondary N) is 1. The zero-order valence-corrected chi connectivity index (χ0v) is 15.8. The Kier molecular flexibility index (Phi) is 5.21. The molecule has 0 bridgehead atoms. The van der Waals surface area contributed by atoms with Crippen molar-refractivity contribution in [3.63, 3.8) is 0 Å². The number of rotatable bonds is 6. The molecule has 0 aliphatic rings. The number of aromatic nitrogens is 4. The average Bonchev–Trinajstić information content (AvgIpc) is 3.11. The minimum absolute atomic E-state index is 0.115. The lowest BCUT2D eigenvalue weighted by molar-refractivity contribution is 0.101. The van der Waals surface area contributed by atoms with E-state index in [1.807, 2.05) is 18.2 Å². The third kappa shape index (κ3) is 3.67. The van der Waals surface area contributed by atoms with E-state index in [0.717, 1.165) is 21.8 Å². The first-order valence-electron chi connectivity index (χ1n) is 8.92. The zero-order chi connectivity index (χ0) is 20.2. The van der Waals surface area contributed by atoms with Crippen LogP contribution in [0.15, 0.2) is 42.9 Å². The number of nitrogens with zero attached hydrogens (tertiary/aromatic N) is 3. The molecule has 0 saturated carbocycles. The van der Waals surface area contributed by atoms with Gasteiger partial charge in [0.15, 0.2) is 0 Å². The van der Waals surface area contributed by atoms with Crippen LogP contribution in [0.5, 0.6) is 17.6 Å². The lowest BCUT2D eigenvalue weighted by atomic mass is 10.1. The van der Waals surface area contributed by atoms with Crippen LogP contribution in [-0.4, -0.2) is 39.8 Å². The maximum atomic E-state index is 11.8. The van der Waals surface area contributed by atoms with Crippen LogP contribution in [0.4, 0.5) is 4.79 Å². The molecule has 3 heterocycles. The van der Waals surface area contributed by atoms with Gasteiger partial charge in [0.1, 0.15) is 5.75 Å². The minimum atomic E-state index is -0.828. The van der Waals surface area contributed by atoms with Crippen LogP contribution >= 0.6 is 0 Å². The summed E-state index contributed by atoms with van der Waals surface area (Å²) in [5, 5.41) is 1.54. The predicted octanol–water partition coefficient (Wildman–Crippen LogP) is 3.98. The lowest BCUT2D eigenvalue weighted by Crippen LogP contribution is -2.12. The number of methoxy groups -OCH3 is 1. The first-order valence-corrected chi connectivity index (χ1v) is 8.92. The summed E-state index contributed by atoms with van der Waals surface area (Å²) < 4.78 is 21.4. The molecule has 1 aromatic carbocycles. The van der Waals surface area contributed by atoms with Gasteiger partial charge < -0.3 is 23.9 Å². The maximum Gasteiger partial charge on any atom is 0.515 e. The van der Waals surface area contributed by atoms with Crippen LogP contribution in [0, 0.1) is 0 Å². The Morgan fingerprint density at radius 2 is 1.90 bits per heavy atom. The van der Waals surface area contributed by atoms with Gasteiger partial charge in [0.25, 0.3) is 0 Å². The van der Waals surface area contributed by atoms with E-state index in [9.17, 15) is 4.79 Å². The summed E-state index contributed by atoms with van der Waals surface area (Å²) in [6.07, 6.45) is 3.96. The van der Waals surface area contributed by atoms with E-state index in [-0.39, 0.29) is 25.1 Å². The quantitative estimate of drug-likeness (QED) is 0.489. The van der Waals surface area contributed by atoms with Crippen molar-refractivity contribution in [1.82, 2.24) is 19.9 Å². The molecular weight excluding hydrogens is 376 g/mol. The molecule has 9 nitrogen and oxygen atoms in total. The zero-order valence-electron chi connectivity index (χ0n) is 15.8. The molecule has 0 fully saturated rings. The molecule has 0 unspecified atom stereocenters. The van der Waals surface area contributed by atoms with Crippen molar-refractivity contribution in [1.29, 1.82) is 0 Å². The molecule has 4 aromatic rings. The average molecular weight is 394 g/mol.